The third kappa shape index (κ3) is 4.41. The fourth-order valence-corrected chi connectivity index (χ4v) is 2.78. The summed E-state index contributed by atoms with van der Waals surface area (Å²) < 4.78 is 13.2. The van der Waals surface area contributed by atoms with Gasteiger partial charge >= 0.3 is 0 Å². The largest absolute Gasteiger partial charge is 0.395 e. The summed E-state index contributed by atoms with van der Waals surface area (Å²) >= 11 is 0. The van der Waals surface area contributed by atoms with Crippen LogP contribution < -0.4 is 16.4 Å². The predicted octanol–water partition coefficient (Wildman–Crippen LogP) is 3.79. The van der Waals surface area contributed by atoms with Gasteiger partial charge in [-0.05, 0) is 48.4 Å². The number of hydrogen-bond donors (Lipinski definition) is 3. The first kappa shape index (κ1) is 18.4. The molecule has 0 aliphatic carbocycles. The van der Waals surface area contributed by atoms with Crippen LogP contribution in [0.25, 0.3) is 11.4 Å². The fourth-order valence-electron chi connectivity index (χ4n) is 2.78. The number of anilines is 1. The number of nitrogens with one attached hydrogen (secondary N) is 2. The van der Waals surface area contributed by atoms with Crippen LogP contribution in [-0.4, -0.2) is 17.0 Å². The maximum absolute atomic E-state index is 13.2. The van der Waals surface area contributed by atoms with E-state index >= 15 is 0 Å². The van der Waals surface area contributed by atoms with Crippen LogP contribution in [0.4, 0.5) is 10.3 Å². The van der Waals surface area contributed by atoms with Gasteiger partial charge in [0.25, 0.3) is 0 Å². The van der Waals surface area contributed by atoms with E-state index in [0.29, 0.717) is 23.0 Å². The maximum Gasteiger partial charge on any atom is 0.223 e. The summed E-state index contributed by atoms with van der Waals surface area (Å²) in [5, 5.41) is 6.36. The molecule has 0 amide bonds. The Bertz CT molecular complexity index is 923. The standard InChI is InChI=1S/C21H22FN5/c1-14(15-6-4-3-5-7-15)26-21-25-13-12-18(27-21)19(23)20(24-2)16-8-10-17(22)11-9-16/h3-14,24H,23H2,1-2H3,(H,25,26,27)/b20-19-/t14-/m0/s1. The Morgan fingerprint density at radius 1 is 1.04 bits per heavy atom. The zero-order valence-electron chi connectivity index (χ0n) is 15.3. The Morgan fingerprint density at radius 2 is 1.74 bits per heavy atom. The quantitative estimate of drug-likeness (QED) is 0.621. The second kappa shape index (κ2) is 8.31. The summed E-state index contributed by atoms with van der Waals surface area (Å²) in [7, 11) is 1.77. The summed E-state index contributed by atoms with van der Waals surface area (Å²) in [6.07, 6.45) is 1.66. The zero-order valence-corrected chi connectivity index (χ0v) is 15.3. The van der Waals surface area contributed by atoms with Gasteiger partial charge in [-0.3, -0.25) is 0 Å². The van der Waals surface area contributed by atoms with Crippen molar-refractivity contribution in [3.05, 3.63) is 89.5 Å². The van der Waals surface area contributed by atoms with Gasteiger partial charge in [0.2, 0.25) is 5.95 Å². The molecule has 0 radical (unpaired) electrons. The number of aromatic nitrogens is 2. The summed E-state index contributed by atoms with van der Waals surface area (Å²) in [5.41, 5.74) is 9.97. The second-order valence-corrected chi connectivity index (χ2v) is 6.09. The molecule has 0 unspecified atom stereocenters. The van der Waals surface area contributed by atoms with Crippen LogP contribution in [0.2, 0.25) is 0 Å². The maximum atomic E-state index is 13.2. The summed E-state index contributed by atoms with van der Waals surface area (Å²) in [6.45, 7) is 2.04. The Labute approximate surface area is 158 Å². The van der Waals surface area contributed by atoms with Gasteiger partial charge in [-0.1, -0.05) is 30.3 Å². The zero-order chi connectivity index (χ0) is 19.2. The van der Waals surface area contributed by atoms with Crippen LogP contribution in [0.3, 0.4) is 0 Å². The molecule has 3 aromatic rings. The minimum atomic E-state index is -0.295. The number of nitrogens with zero attached hydrogens (tertiary/aromatic N) is 2. The van der Waals surface area contributed by atoms with Crippen LogP contribution in [0.15, 0.2) is 66.9 Å². The molecule has 1 aromatic heterocycles. The third-order valence-electron chi connectivity index (χ3n) is 4.23. The van der Waals surface area contributed by atoms with Gasteiger partial charge in [0.15, 0.2) is 0 Å². The molecule has 6 heteroatoms. The van der Waals surface area contributed by atoms with Gasteiger partial charge in [0.1, 0.15) is 5.82 Å². The molecule has 0 aliphatic heterocycles. The lowest BCUT2D eigenvalue weighted by atomic mass is 10.1. The molecular weight excluding hydrogens is 341 g/mol. The summed E-state index contributed by atoms with van der Waals surface area (Å²) in [5.74, 6) is 0.192. The number of hydrogen-bond acceptors (Lipinski definition) is 5. The van der Waals surface area contributed by atoms with Gasteiger partial charge in [0, 0.05) is 13.2 Å². The molecule has 4 N–H and O–H groups in total. The number of nitrogens with two attached hydrogens (primary N) is 1. The van der Waals surface area contributed by atoms with Gasteiger partial charge in [0.05, 0.1) is 23.1 Å². The van der Waals surface area contributed by atoms with E-state index in [1.54, 1.807) is 31.4 Å². The highest BCUT2D eigenvalue weighted by Gasteiger charge is 2.12. The van der Waals surface area contributed by atoms with E-state index in [0.717, 1.165) is 11.1 Å². The Morgan fingerprint density at radius 3 is 2.41 bits per heavy atom. The number of benzene rings is 2. The average Bonchev–Trinajstić information content (AvgIpc) is 2.70. The molecule has 1 atom stereocenters. The molecule has 2 aromatic carbocycles. The smallest absolute Gasteiger partial charge is 0.223 e. The summed E-state index contributed by atoms with van der Waals surface area (Å²) in [4.78, 5) is 8.82. The Balaban J connectivity index is 1.88. The molecule has 138 valence electrons. The molecule has 0 bridgehead atoms. The molecule has 0 aliphatic rings. The summed E-state index contributed by atoms with van der Waals surface area (Å²) in [6, 6.07) is 18.0. The lowest BCUT2D eigenvalue weighted by molar-refractivity contribution is 0.627. The van der Waals surface area contributed by atoms with Crippen molar-refractivity contribution in [3.63, 3.8) is 0 Å². The van der Waals surface area contributed by atoms with Gasteiger partial charge < -0.3 is 16.4 Å². The van der Waals surface area contributed by atoms with Crippen molar-refractivity contribution < 1.29 is 4.39 Å². The monoisotopic (exact) mass is 363 g/mol. The molecule has 0 saturated carbocycles. The first-order valence-electron chi connectivity index (χ1n) is 8.67. The minimum Gasteiger partial charge on any atom is -0.395 e. The van der Waals surface area contributed by atoms with E-state index in [9.17, 15) is 4.39 Å². The van der Waals surface area contributed by atoms with Crippen LogP contribution in [0.5, 0.6) is 0 Å². The highest BCUT2D eigenvalue weighted by molar-refractivity contribution is 5.87. The van der Waals surface area contributed by atoms with E-state index in [1.807, 2.05) is 37.3 Å². The van der Waals surface area contributed by atoms with Crippen molar-refractivity contribution in [2.45, 2.75) is 13.0 Å². The van der Waals surface area contributed by atoms with Crippen molar-refractivity contribution in [1.29, 1.82) is 0 Å². The second-order valence-electron chi connectivity index (χ2n) is 6.09. The molecule has 0 saturated heterocycles. The first-order valence-corrected chi connectivity index (χ1v) is 8.67. The molecule has 27 heavy (non-hydrogen) atoms. The first-order chi connectivity index (χ1) is 13.1. The van der Waals surface area contributed by atoms with Crippen molar-refractivity contribution in [2.24, 2.45) is 5.73 Å². The predicted molar refractivity (Wildman–Crippen MR) is 107 cm³/mol. The fraction of sp³-hybridized carbons (Fsp3) is 0.143. The third-order valence-corrected chi connectivity index (χ3v) is 4.23. The highest BCUT2D eigenvalue weighted by Crippen LogP contribution is 2.21. The molecule has 1 heterocycles. The van der Waals surface area contributed by atoms with Crippen molar-refractivity contribution in [1.82, 2.24) is 15.3 Å². The molecule has 0 spiro atoms. The highest BCUT2D eigenvalue weighted by atomic mass is 19.1. The van der Waals surface area contributed by atoms with Gasteiger partial charge in [-0.25, -0.2) is 14.4 Å². The SMILES string of the molecule is CN/C(=C(\N)c1ccnc(N[C@@H](C)c2ccccc2)n1)c1ccc(F)cc1. The van der Waals surface area contributed by atoms with Crippen LogP contribution in [0.1, 0.15) is 29.8 Å². The van der Waals surface area contributed by atoms with Crippen molar-refractivity contribution in [2.75, 3.05) is 12.4 Å². The number of rotatable bonds is 6. The van der Waals surface area contributed by atoms with E-state index in [-0.39, 0.29) is 11.9 Å². The van der Waals surface area contributed by atoms with E-state index in [2.05, 4.69) is 20.6 Å². The topological polar surface area (TPSA) is 75.9 Å². The van der Waals surface area contributed by atoms with Crippen molar-refractivity contribution >= 4 is 17.3 Å². The number of halogens is 1. The lowest BCUT2D eigenvalue weighted by Gasteiger charge is -2.16. The normalized spacial score (nSPS) is 12.9. The van der Waals surface area contributed by atoms with Crippen LogP contribution in [0, 0.1) is 5.82 Å². The van der Waals surface area contributed by atoms with Gasteiger partial charge in [-0.15, -0.1) is 0 Å². The van der Waals surface area contributed by atoms with E-state index in [4.69, 9.17) is 5.73 Å². The molecule has 3 rings (SSSR count). The lowest BCUT2D eigenvalue weighted by Crippen LogP contribution is -2.15. The van der Waals surface area contributed by atoms with E-state index < -0.39 is 0 Å². The molecule has 5 nitrogen and oxygen atoms in total. The van der Waals surface area contributed by atoms with Crippen molar-refractivity contribution in [3.8, 4) is 0 Å². The van der Waals surface area contributed by atoms with Gasteiger partial charge in [-0.2, -0.15) is 0 Å². The minimum absolute atomic E-state index is 0.0486. The van der Waals surface area contributed by atoms with E-state index in [1.165, 1.54) is 12.1 Å². The average molecular weight is 363 g/mol. The van der Waals surface area contributed by atoms with Crippen LogP contribution >= 0.6 is 0 Å². The van der Waals surface area contributed by atoms with Crippen LogP contribution in [-0.2, 0) is 0 Å². The Hall–Kier alpha value is -3.41. The molecular formula is C21H22FN5. The Kier molecular flexibility index (Phi) is 5.66. The molecule has 0 fully saturated rings.